The number of nitrogens with one attached hydrogen (secondary N) is 1. The highest BCUT2D eigenvalue weighted by Crippen LogP contribution is 2.13. The highest BCUT2D eigenvalue weighted by Gasteiger charge is 2.03. The maximum absolute atomic E-state index is 12.0. The smallest absolute Gasteiger partial charge is 0.271 e. The van der Waals surface area contributed by atoms with Gasteiger partial charge in [-0.2, -0.15) is 5.10 Å². The van der Waals surface area contributed by atoms with E-state index in [2.05, 4.69) is 36.8 Å². The molecule has 0 unspecified atom stereocenters. The summed E-state index contributed by atoms with van der Waals surface area (Å²) in [5, 5.41) is 13.4. The third-order valence-electron chi connectivity index (χ3n) is 2.72. The number of hydrazone groups is 1. The number of nitrogens with zero attached hydrogens (tertiary/aromatic N) is 4. The molecular weight excluding hydrogens is 358 g/mol. The topological polar surface area (TPSA) is 69.4 Å². The van der Waals surface area contributed by atoms with Gasteiger partial charge in [0.05, 0.1) is 11.9 Å². The Kier molecular flexibility index (Phi) is 5.99. The summed E-state index contributed by atoms with van der Waals surface area (Å²) >= 11 is 3.36. The van der Waals surface area contributed by atoms with Crippen LogP contribution in [-0.4, -0.2) is 31.2 Å². The second-order valence-corrected chi connectivity index (χ2v) is 5.75. The maximum Gasteiger partial charge on any atom is 0.271 e. The van der Waals surface area contributed by atoms with Gasteiger partial charge in [-0.3, -0.25) is 9.80 Å². The van der Waals surface area contributed by atoms with Gasteiger partial charge >= 0.3 is 0 Å². The zero-order valence-corrected chi connectivity index (χ0v) is 14.4. The summed E-state index contributed by atoms with van der Waals surface area (Å²) in [6.45, 7) is 0. The fourth-order valence-electron chi connectivity index (χ4n) is 1.60. The predicted octanol–water partition coefficient (Wildman–Crippen LogP) is 3.77. The molecule has 0 fully saturated rings. The lowest BCUT2D eigenvalue weighted by molar-refractivity contribution is 0.0955. The minimum atomic E-state index is -0.283. The first-order valence-electron chi connectivity index (χ1n) is 6.82. The Morgan fingerprint density at radius 1 is 1.09 bits per heavy atom. The van der Waals surface area contributed by atoms with Crippen LogP contribution in [0.15, 0.2) is 68.4 Å². The van der Waals surface area contributed by atoms with Gasteiger partial charge in [0.15, 0.2) is 0 Å². The number of benzene rings is 2. The molecule has 2 aromatic carbocycles. The highest BCUT2D eigenvalue weighted by molar-refractivity contribution is 9.10. The number of carbonyl (C=O) groups is 1. The molecule has 0 aliphatic carbocycles. The summed E-state index contributed by atoms with van der Waals surface area (Å²) in [5.74, 6) is -0.283. The van der Waals surface area contributed by atoms with Crippen molar-refractivity contribution < 1.29 is 4.79 Å². The number of halogens is 1. The molecule has 6 nitrogen and oxygen atoms in total. The van der Waals surface area contributed by atoms with Crippen LogP contribution in [0.1, 0.15) is 15.9 Å². The van der Waals surface area contributed by atoms with E-state index in [1.165, 1.54) is 0 Å². The molecular formula is C16H16BrN5O. The Morgan fingerprint density at radius 2 is 1.74 bits per heavy atom. The average molecular weight is 374 g/mol. The maximum atomic E-state index is 12.0. The lowest BCUT2D eigenvalue weighted by Crippen LogP contribution is -2.17. The third kappa shape index (κ3) is 5.63. The molecule has 0 spiro atoms. The minimum Gasteiger partial charge on any atom is -0.285 e. The monoisotopic (exact) mass is 373 g/mol. The first-order chi connectivity index (χ1) is 11.0. The van der Waals surface area contributed by atoms with E-state index in [1.54, 1.807) is 49.6 Å². The Hall–Kier alpha value is -2.54. The predicted molar refractivity (Wildman–Crippen MR) is 93.8 cm³/mol. The molecule has 1 amide bonds. The molecule has 2 aromatic rings. The molecule has 23 heavy (non-hydrogen) atoms. The van der Waals surface area contributed by atoms with Crippen molar-refractivity contribution in [2.24, 2.45) is 15.4 Å². The van der Waals surface area contributed by atoms with Crippen LogP contribution in [0, 0.1) is 0 Å². The van der Waals surface area contributed by atoms with Crippen molar-refractivity contribution >= 4 is 33.7 Å². The Labute approximate surface area is 143 Å². The molecule has 1 N–H and O–H groups in total. The second-order valence-electron chi connectivity index (χ2n) is 4.83. The van der Waals surface area contributed by atoms with Gasteiger partial charge in [-0.15, -0.1) is 5.11 Å². The zero-order chi connectivity index (χ0) is 16.7. The van der Waals surface area contributed by atoms with Crippen molar-refractivity contribution in [3.8, 4) is 0 Å². The number of rotatable bonds is 5. The molecule has 2 rings (SSSR count). The van der Waals surface area contributed by atoms with Gasteiger partial charge in [-0.1, -0.05) is 33.3 Å². The van der Waals surface area contributed by atoms with Gasteiger partial charge in [0.25, 0.3) is 5.91 Å². The number of carbonyl (C=O) groups excluding carboxylic acids is 1. The quantitative estimate of drug-likeness (QED) is 0.492. The van der Waals surface area contributed by atoms with Crippen LogP contribution in [0.5, 0.6) is 0 Å². The fourth-order valence-corrected chi connectivity index (χ4v) is 1.86. The summed E-state index contributed by atoms with van der Waals surface area (Å²) in [6.07, 6.45) is 1.59. The van der Waals surface area contributed by atoms with Crippen LogP contribution in [-0.2, 0) is 0 Å². The van der Waals surface area contributed by atoms with Gasteiger partial charge < -0.3 is 0 Å². The summed E-state index contributed by atoms with van der Waals surface area (Å²) < 4.78 is 0.991. The van der Waals surface area contributed by atoms with Crippen molar-refractivity contribution in [2.45, 2.75) is 0 Å². The Balaban J connectivity index is 1.94. The zero-order valence-electron chi connectivity index (χ0n) is 12.8. The summed E-state index contributed by atoms with van der Waals surface area (Å²) in [6, 6.07) is 14.4. The van der Waals surface area contributed by atoms with E-state index >= 15 is 0 Å². The third-order valence-corrected chi connectivity index (χ3v) is 3.25. The van der Waals surface area contributed by atoms with E-state index in [0.717, 1.165) is 10.0 Å². The largest absolute Gasteiger partial charge is 0.285 e. The van der Waals surface area contributed by atoms with Gasteiger partial charge in [-0.05, 0) is 42.0 Å². The van der Waals surface area contributed by atoms with Crippen LogP contribution in [0.4, 0.5) is 5.69 Å². The van der Waals surface area contributed by atoms with Crippen LogP contribution in [0.25, 0.3) is 0 Å². The van der Waals surface area contributed by atoms with Crippen LogP contribution in [0.2, 0.25) is 0 Å². The number of hydrogen-bond acceptors (Lipinski definition) is 4. The van der Waals surface area contributed by atoms with E-state index in [1.807, 2.05) is 24.3 Å². The van der Waals surface area contributed by atoms with E-state index in [9.17, 15) is 4.79 Å². The Bertz CT molecular complexity index is 708. The van der Waals surface area contributed by atoms with E-state index in [0.29, 0.717) is 11.3 Å². The van der Waals surface area contributed by atoms with Crippen molar-refractivity contribution in [3.05, 3.63) is 64.1 Å². The summed E-state index contributed by atoms with van der Waals surface area (Å²) in [5.41, 5.74) is 4.56. The summed E-state index contributed by atoms with van der Waals surface area (Å²) in [7, 11) is 3.57. The molecule has 0 aromatic heterocycles. The number of hydrogen-bond donors (Lipinski definition) is 1. The molecule has 0 bridgehead atoms. The fraction of sp³-hybridized carbons (Fsp3) is 0.125. The van der Waals surface area contributed by atoms with Gasteiger partial charge in [0.2, 0.25) is 0 Å². The van der Waals surface area contributed by atoms with E-state index in [-0.39, 0.29) is 5.91 Å². The van der Waals surface area contributed by atoms with Gasteiger partial charge in [0, 0.05) is 24.1 Å². The molecule has 0 saturated carbocycles. The lowest BCUT2D eigenvalue weighted by Gasteiger charge is -2.02. The van der Waals surface area contributed by atoms with Crippen molar-refractivity contribution in [2.75, 3.05) is 14.1 Å². The molecule has 0 atom stereocenters. The van der Waals surface area contributed by atoms with Crippen LogP contribution >= 0.6 is 15.9 Å². The molecule has 0 radical (unpaired) electrons. The first kappa shape index (κ1) is 16.8. The number of amides is 1. The molecule has 0 heterocycles. The highest BCUT2D eigenvalue weighted by atomic mass is 79.9. The van der Waals surface area contributed by atoms with Crippen molar-refractivity contribution in [3.63, 3.8) is 0 Å². The van der Waals surface area contributed by atoms with Crippen molar-refractivity contribution in [1.82, 2.24) is 10.4 Å². The molecule has 0 aliphatic rings. The molecule has 0 saturated heterocycles. The normalized spacial score (nSPS) is 11.1. The SMILES string of the molecule is CN(C)N=Nc1ccc(C(=O)N/N=C/c2ccc(Br)cc2)cc1. The first-order valence-corrected chi connectivity index (χ1v) is 7.62. The van der Waals surface area contributed by atoms with E-state index in [4.69, 9.17) is 0 Å². The second kappa shape index (κ2) is 8.19. The van der Waals surface area contributed by atoms with Crippen LogP contribution in [0.3, 0.4) is 0 Å². The van der Waals surface area contributed by atoms with Gasteiger partial charge in [0.1, 0.15) is 0 Å². The summed E-state index contributed by atoms with van der Waals surface area (Å²) in [4.78, 5) is 12.0. The Morgan fingerprint density at radius 3 is 2.35 bits per heavy atom. The van der Waals surface area contributed by atoms with Crippen molar-refractivity contribution in [1.29, 1.82) is 0 Å². The lowest BCUT2D eigenvalue weighted by atomic mass is 10.2. The minimum absolute atomic E-state index is 0.283. The average Bonchev–Trinajstić information content (AvgIpc) is 2.55. The van der Waals surface area contributed by atoms with E-state index < -0.39 is 0 Å². The molecule has 0 aliphatic heterocycles. The van der Waals surface area contributed by atoms with Gasteiger partial charge in [-0.25, -0.2) is 5.43 Å². The van der Waals surface area contributed by atoms with Crippen LogP contribution < -0.4 is 5.43 Å². The molecule has 7 heteroatoms. The molecule has 118 valence electrons. The standard InChI is InChI=1S/C16H16BrN5O/c1-22(2)21-19-15-9-5-13(6-10-15)16(23)20-18-11-12-3-7-14(17)8-4-12/h3-11H,1-2H3,(H,20,23)/b18-11+,21-19?.